The molecule has 3 heterocycles. The van der Waals surface area contributed by atoms with Gasteiger partial charge < -0.3 is 20.5 Å². The SMILES string of the molecule is CC(C(=O)Nc1sc2c(c1C(N)=O)CC(C)(C)OC2(C)C)C1CO1. The monoisotopic (exact) mass is 352 g/mol. The summed E-state index contributed by atoms with van der Waals surface area (Å²) in [4.78, 5) is 25.4. The van der Waals surface area contributed by atoms with Gasteiger partial charge in [0.25, 0.3) is 5.91 Å². The predicted molar refractivity (Wildman–Crippen MR) is 92.3 cm³/mol. The number of hydrogen-bond donors (Lipinski definition) is 2. The Bertz CT molecular complexity index is 704. The fourth-order valence-corrected chi connectivity index (χ4v) is 4.67. The smallest absolute Gasteiger partial charge is 0.251 e. The fraction of sp³-hybridized carbons (Fsp3) is 0.647. The Labute approximate surface area is 145 Å². The number of epoxide rings is 1. The summed E-state index contributed by atoms with van der Waals surface area (Å²) in [5, 5.41) is 3.39. The highest BCUT2D eigenvalue weighted by Gasteiger charge is 2.43. The van der Waals surface area contributed by atoms with E-state index in [-0.39, 0.29) is 17.9 Å². The molecule has 24 heavy (non-hydrogen) atoms. The van der Waals surface area contributed by atoms with Gasteiger partial charge in [0.05, 0.1) is 35.4 Å². The Morgan fingerprint density at radius 2 is 1.96 bits per heavy atom. The lowest BCUT2D eigenvalue weighted by molar-refractivity contribution is -0.135. The van der Waals surface area contributed by atoms with Crippen LogP contribution >= 0.6 is 11.3 Å². The molecule has 1 saturated heterocycles. The lowest BCUT2D eigenvalue weighted by Crippen LogP contribution is -2.42. The van der Waals surface area contributed by atoms with Crippen molar-refractivity contribution in [3.8, 4) is 0 Å². The normalized spacial score (nSPS) is 24.8. The predicted octanol–water partition coefficient (Wildman–Crippen LogP) is 2.41. The molecule has 0 radical (unpaired) electrons. The van der Waals surface area contributed by atoms with Gasteiger partial charge in [0.2, 0.25) is 5.91 Å². The van der Waals surface area contributed by atoms with Crippen molar-refractivity contribution in [2.75, 3.05) is 11.9 Å². The van der Waals surface area contributed by atoms with E-state index in [9.17, 15) is 9.59 Å². The van der Waals surface area contributed by atoms with Gasteiger partial charge in [0, 0.05) is 11.3 Å². The van der Waals surface area contributed by atoms with Gasteiger partial charge in [-0.3, -0.25) is 9.59 Å². The first-order valence-electron chi connectivity index (χ1n) is 8.10. The summed E-state index contributed by atoms with van der Waals surface area (Å²) in [6.45, 7) is 10.4. The highest BCUT2D eigenvalue weighted by atomic mass is 32.1. The van der Waals surface area contributed by atoms with Crippen LogP contribution in [0.4, 0.5) is 5.00 Å². The number of thiophene rings is 1. The van der Waals surface area contributed by atoms with Crippen LogP contribution in [0.15, 0.2) is 0 Å². The standard InChI is InChI=1S/C17H24N2O4S/c1-8(10-7-22-10)14(21)19-15-11(13(18)20)9-6-16(2,3)23-17(4,5)12(9)24-15/h8,10H,6-7H2,1-5H3,(H2,18,20)(H,19,21). The molecule has 0 aliphatic carbocycles. The molecule has 3 N–H and O–H groups in total. The molecule has 2 amide bonds. The molecule has 0 aromatic carbocycles. The number of amides is 2. The summed E-state index contributed by atoms with van der Waals surface area (Å²) in [5.41, 5.74) is 5.99. The van der Waals surface area contributed by atoms with Crippen LogP contribution in [0.3, 0.4) is 0 Å². The zero-order valence-electron chi connectivity index (χ0n) is 14.7. The molecule has 3 rings (SSSR count). The second-order valence-electron chi connectivity index (χ2n) is 7.68. The quantitative estimate of drug-likeness (QED) is 0.814. The van der Waals surface area contributed by atoms with E-state index in [0.29, 0.717) is 23.6 Å². The van der Waals surface area contributed by atoms with Crippen LogP contribution in [0.25, 0.3) is 0 Å². The van der Waals surface area contributed by atoms with E-state index >= 15 is 0 Å². The fourth-order valence-electron chi connectivity index (χ4n) is 3.41. The second kappa shape index (κ2) is 5.54. The summed E-state index contributed by atoms with van der Waals surface area (Å²) in [6.07, 6.45) is 0.549. The average Bonchev–Trinajstić information content (AvgIpc) is 3.18. The van der Waals surface area contributed by atoms with Crippen molar-refractivity contribution in [3.05, 3.63) is 16.0 Å². The van der Waals surface area contributed by atoms with Crippen LogP contribution in [-0.4, -0.2) is 30.1 Å². The lowest BCUT2D eigenvalue weighted by Gasteiger charge is -2.41. The van der Waals surface area contributed by atoms with Gasteiger partial charge in [-0.1, -0.05) is 6.92 Å². The Hall–Kier alpha value is -1.44. The minimum Gasteiger partial charge on any atom is -0.372 e. The van der Waals surface area contributed by atoms with E-state index in [0.717, 1.165) is 10.4 Å². The van der Waals surface area contributed by atoms with Gasteiger partial charge in [-0.2, -0.15) is 0 Å². The van der Waals surface area contributed by atoms with E-state index in [2.05, 4.69) is 5.32 Å². The summed E-state index contributed by atoms with van der Waals surface area (Å²) >= 11 is 1.38. The maximum absolute atomic E-state index is 12.4. The first-order valence-corrected chi connectivity index (χ1v) is 8.92. The second-order valence-corrected chi connectivity index (χ2v) is 8.70. The first-order chi connectivity index (χ1) is 11.0. The molecule has 0 spiro atoms. The van der Waals surface area contributed by atoms with E-state index in [1.54, 1.807) is 0 Å². The molecule has 2 aliphatic rings. The van der Waals surface area contributed by atoms with E-state index in [1.165, 1.54) is 11.3 Å². The number of rotatable bonds is 4. The van der Waals surface area contributed by atoms with Crippen LogP contribution in [0.1, 0.15) is 55.4 Å². The topological polar surface area (TPSA) is 94.0 Å². The molecular formula is C17H24N2O4S. The number of ether oxygens (including phenoxy) is 2. The van der Waals surface area contributed by atoms with Gasteiger partial charge in [-0.05, 0) is 33.3 Å². The van der Waals surface area contributed by atoms with Crippen LogP contribution in [0, 0.1) is 5.92 Å². The van der Waals surface area contributed by atoms with Crippen molar-refractivity contribution in [1.29, 1.82) is 0 Å². The summed E-state index contributed by atoms with van der Waals surface area (Å²) in [7, 11) is 0. The molecule has 1 aromatic heterocycles. The molecule has 2 unspecified atom stereocenters. The highest BCUT2D eigenvalue weighted by molar-refractivity contribution is 7.17. The number of primary amides is 1. The molecule has 0 bridgehead atoms. The molecule has 6 nitrogen and oxygen atoms in total. The van der Waals surface area contributed by atoms with Gasteiger partial charge in [0.15, 0.2) is 0 Å². The van der Waals surface area contributed by atoms with Crippen LogP contribution < -0.4 is 11.1 Å². The summed E-state index contributed by atoms with van der Waals surface area (Å²) in [6, 6.07) is 0. The number of hydrogen-bond acceptors (Lipinski definition) is 5. The minimum atomic E-state index is -0.542. The lowest BCUT2D eigenvalue weighted by atomic mass is 9.86. The highest BCUT2D eigenvalue weighted by Crippen LogP contribution is 2.48. The van der Waals surface area contributed by atoms with Gasteiger partial charge in [0.1, 0.15) is 5.00 Å². The minimum absolute atomic E-state index is 0.0321. The van der Waals surface area contributed by atoms with Crippen molar-refractivity contribution in [1.82, 2.24) is 0 Å². The molecule has 2 aliphatic heterocycles. The van der Waals surface area contributed by atoms with E-state index in [1.807, 2.05) is 34.6 Å². The molecule has 1 aromatic rings. The van der Waals surface area contributed by atoms with Crippen LogP contribution in [0.2, 0.25) is 0 Å². The number of anilines is 1. The maximum Gasteiger partial charge on any atom is 0.251 e. The Kier molecular flexibility index (Phi) is 4.01. The zero-order valence-corrected chi connectivity index (χ0v) is 15.5. The van der Waals surface area contributed by atoms with E-state index in [4.69, 9.17) is 15.2 Å². The van der Waals surface area contributed by atoms with Crippen molar-refractivity contribution >= 4 is 28.2 Å². The number of nitrogens with one attached hydrogen (secondary N) is 1. The van der Waals surface area contributed by atoms with Crippen molar-refractivity contribution in [2.45, 2.75) is 58.3 Å². The third-order valence-electron chi connectivity index (χ3n) is 4.50. The number of carbonyl (C=O) groups is 2. The Balaban J connectivity index is 2.00. The number of nitrogens with two attached hydrogens (primary N) is 1. The zero-order chi connectivity index (χ0) is 17.9. The van der Waals surface area contributed by atoms with Gasteiger partial charge in [-0.25, -0.2) is 0 Å². The third-order valence-corrected chi connectivity index (χ3v) is 5.95. The van der Waals surface area contributed by atoms with Crippen molar-refractivity contribution in [2.24, 2.45) is 11.7 Å². The average molecular weight is 352 g/mol. The molecule has 132 valence electrons. The van der Waals surface area contributed by atoms with E-state index < -0.39 is 17.1 Å². The molecular weight excluding hydrogens is 328 g/mol. The van der Waals surface area contributed by atoms with Crippen LogP contribution in [0.5, 0.6) is 0 Å². The third kappa shape index (κ3) is 3.08. The van der Waals surface area contributed by atoms with Crippen molar-refractivity contribution < 1.29 is 19.1 Å². The Morgan fingerprint density at radius 3 is 2.50 bits per heavy atom. The maximum atomic E-state index is 12.4. The Morgan fingerprint density at radius 1 is 1.33 bits per heavy atom. The van der Waals surface area contributed by atoms with Gasteiger partial charge >= 0.3 is 0 Å². The largest absolute Gasteiger partial charge is 0.372 e. The molecule has 2 atom stereocenters. The number of fused-ring (bicyclic) bond motifs is 1. The van der Waals surface area contributed by atoms with Crippen molar-refractivity contribution in [3.63, 3.8) is 0 Å². The van der Waals surface area contributed by atoms with Gasteiger partial charge in [-0.15, -0.1) is 11.3 Å². The molecule has 1 fully saturated rings. The number of carbonyl (C=O) groups excluding carboxylic acids is 2. The first kappa shape index (κ1) is 17.4. The summed E-state index contributed by atoms with van der Waals surface area (Å²) in [5.74, 6) is -0.936. The molecule has 7 heteroatoms. The van der Waals surface area contributed by atoms with Crippen LogP contribution in [-0.2, 0) is 26.3 Å². The summed E-state index contributed by atoms with van der Waals surface area (Å²) < 4.78 is 11.3. The molecule has 0 saturated carbocycles.